The van der Waals surface area contributed by atoms with Crippen LogP contribution in [0.5, 0.6) is 0 Å². The maximum Gasteiger partial charge on any atom is 0.217 e. The molecule has 4 rings (SSSR count). The lowest BCUT2D eigenvalue weighted by molar-refractivity contribution is -0.646. The Hall–Kier alpha value is -2.10. The minimum atomic E-state index is -4.42. The highest BCUT2D eigenvalue weighted by Gasteiger charge is 2.27. The van der Waals surface area contributed by atoms with Gasteiger partial charge in [0.25, 0.3) is 0 Å². The Morgan fingerprint density at radius 1 is 1.16 bits per heavy atom. The van der Waals surface area contributed by atoms with Crippen molar-refractivity contribution in [2.75, 3.05) is 18.1 Å². The maximum absolute atomic E-state index is 9.45. The van der Waals surface area contributed by atoms with Gasteiger partial charge in [-0.1, -0.05) is 41.6 Å². The number of thioether (sulfide) groups is 1. The monoisotopic (exact) mass is 492 g/mol. The summed E-state index contributed by atoms with van der Waals surface area (Å²) in [5.41, 5.74) is 4.74. The van der Waals surface area contributed by atoms with Crippen molar-refractivity contribution in [2.24, 2.45) is 7.05 Å². The summed E-state index contributed by atoms with van der Waals surface area (Å²) in [5, 5.41) is 3.34. The van der Waals surface area contributed by atoms with Gasteiger partial charge >= 0.3 is 0 Å². The third kappa shape index (κ3) is 5.44. The highest BCUT2D eigenvalue weighted by atomic mass is 35.5. The van der Waals surface area contributed by atoms with Crippen molar-refractivity contribution in [1.82, 2.24) is 0 Å². The van der Waals surface area contributed by atoms with Crippen LogP contribution in [-0.4, -0.2) is 26.1 Å². The summed E-state index contributed by atoms with van der Waals surface area (Å²) >= 11 is 8.32. The zero-order chi connectivity index (χ0) is 23.5. The Labute approximate surface area is 198 Å². The molecule has 0 spiro atoms. The zero-order valence-electron chi connectivity index (χ0n) is 18.3. The van der Waals surface area contributed by atoms with Crippen molar-refractivity contribution < 1.29 is 21.7 Å². The first-order valence-electron chi connectivity index (χ1n) is 10.1. The molecule has 0 bridgehead atoms. The second-order valence-corrected chi connectivity index (χ2v) is 9.53. The minimum Gasteiger partial charge on any atom is -0.726 e. The lowest BCUT2D eigenvalue weighted by Crippen LogP contribution is -2.33. The number of hydrogen-bond donors (Lipinski definition) is 0. The number of hydrogen-bond acceptors (Lipinski definition) is 6. The van der Waals surface area contributed by atoms with Gasteiger partial charge in [-0.15, -0.1) is 0 Å². The molecular weight excluding hydrogens is 468 g/mol. The van der Waals surface area contributed by atoms with Crippen LogP contribution in [0.25, 0.3) is 17.0 Å². The Kier molecular flexibility index (Phi) is 7.84. The van der Waals surface area contributed by atoms with E-state index in [1.54, 1.807) is 11.8 Å². The molecule has 0 saturated heterocycles. The zero-order valence-corrected chi connectivity index (χ0v) is 20.7. The van der Waals surface area contributed by atoms with Crippen molar-refractivity contribution in [2.45, 2.75) is 25.7 Å². The fourth-order valence-electron chi connectivity index (χ4n) is 3.44. The van der Waals surface area contributed by atoms with E-state index in [9.17, 15) is 13.0 Å². The minimum absolute atomic E-state index is 0.0914. The first-order valence-corrected chi connectivity index (χ1v) is 12.6. The summed E-state index contributed by atoms with van der Waals surface area (Å²) in [7, 11) is -2.30. The van der Waals surface area contributed by atoms with E-state index in [4.69, 9.17) is 11.6 Å². The van der Waals surface area contributed by atoms with Crippen molar-refractivity contribution in [3.63, 3.8) is 0 Å². The molecule has 170 valence electrons. The van der Waals surface area contributed by atoms with Gasteiger partial charge in [0.05, 0.1) is 27.2 Å². The lowest BCUT2D eigenvalue weighted by Gasteiger charge is -2.18. The number of fused-ring (bicyclic) bond motifs is 2. The van der Waals surface area contributed by atoms with E-state index in [0.717, 1.165) is 17.1 Å². The molecule has 0 N–H and O–H groups in total. The molecule has 0 amide bonds. The average molecular weight is 493 g/mol. The lowest BCUT2D eigenvalue weighted by atomic mass is 10.2. The molecule has 9 heteroatoms. The van der Waals surface area contributed by atoms with Gasteiger partial charge in [-0.2, -0.15) is 4.57 Å². The van der Waals surface area contributed by atoms with Gasteiger partial charge in [0, 0.05) is 30.1 Å². The van der Waals surface area contributed by atoms with E-state index in [-0.39, 0.29) is 6.61 Å². The summed E-state index contributed by atoms with van der Waals surface area (Å²) in [6.07, 6.45) is 2.26. The predicted octanol–water partition coefficient (Wildman–Crippen LogP) is 5.04. The predicted molar refractivity (Wildman–Crippen MR) is 129 cm³/mol. The van der Waals surface area contributed by atoms with Crippen LogP contribution < -0.4 is 9.47 Å². The normalized spacial score (nSPS) is 14.4. The average Bonchev–Trinajstić information content (AvgIpc) is 3.10. The number of rotatable bonds is 4. The number of halogens is 1. The molecule has 1 aliphatic rings. The van der Waals surface area contributed by atoms with Crippen molar-refractivity contribution >= 4 is 56.4 Å². The fourth-order valence-corrected chi connectivity index (χ4v) is 5.27. The highest BCUT2D eigenvalue weighted by Crippen LogP contribution is 2.50. The van der Waals surface area contributed by atoms with Crippen molar-refractivity contribution in [3.8, 4) is 0 Å². The number of aromatic nitrogens is 1. The third-order valence-electron chi connectivity index (χ3n) is 5.00. The van der Waals surface area contributed by atoms with Gasteiger partial charge in [0.2, 0.25) is 21.6 Å². The van der Waals surface area contributed by atoms with E-state index in [0.29, 0.717) is 0 Å². The van der Waals surface area contributed by atoms with E-state index in [1.165, 1.54) is 39.1 Å². The topological polar surface area (TPSA) is 73.5 Å². The molecule has 1 aromatic heterocycles. The van der Waals surface area contributed by atoms with Crippen LogP contribution in [0.3, 0.4) is 0 Å². The van der Waals surface area contributed by atoms with Crippen LogP contribution in [0.15, 0.2) is 58.5 Å². The Morgan fingerprint density at radius 2 is 1.88 bits per heavy atom. The molecule has 2 heterocycles. The van der Waals surface area contributed by atoms with Crippen LogP contribution in [0.2, 0.25) is 5.02 Å². The number of nitrogens with zero attached hydrogens (tertiary/aromatic N) is 2. The second kappa shape index (κ2) is 10.2. The van der Waals surface area contributed by atoms with E-state index >= 15 is 0 Å². The second-order valence-electron chi connectivity index (χ2n) is 7.06. The number of aryl methyl sites for hydroxylation is 2. The van der Waals surface area contributed by atoms with Gasteiger partial charge in [-0.05, 0) is 44.5 Å². The van der Waals surface area contributed by atoms with Gasteiger partial charge < -0.3 is 9.45 Å². The van der Waals surface area contributed by atoms with Crippen LogP contribution in [0.1, 0.15) is 25.1 Å². The molecule has 0 radical (unpaired) electrons. The highest BCUT2D eigenvalue weighted by molar-refractivity contribution is 8.04. The maximum atomic E-state index is 9.45. The van der Waals surface area contributed by atoms with E-state index < -0.39 is 10.4 Å². The SMILES string of the molecule is CCN1/C(=C/c2ccc3ccccc3[n+]2C)Sc2c1ccc(C)c2Cl.CCOS(=O)(=O)[O-]. The van der Waals surface area contributed by atoms with Gasteiger partial charge in [-0.25, -0.2) is 8.42 Å². The molecule has 3 aromatic rings. The molecule has 32 heavy (non-hydrogen) atoms. The number of anilines is 1. The largest absolute Gasteiger partial charge is 0.726 e. The Bertz CT molecular complexity index is 1280. The summed E-state index contributed by atoms with van der Waals surface area (Å²) in [5.74, 6) is 0. The number of para-hydroxylation sites is 1. The first-order chi connectivity index (χ1) is 15.2. The van der Waals surface area contributed by atoms with Crippen LogP contribution in [0, 0.1) is 6.92 Å². The van der Waals surface area contributed by atoms with Gasteiger partial charge in [0.1, 0.15) is 7.05 Å². The van der Waals surface area contributed by atoms with Crippen LogP contribution >= 0.6 is 23.4 Å². The standard InChI is InChI=1S/C21H20ClN2S.C2H6O4S/c1-4-24-18-12-9-14(2)20(22)21(18)25-19(24)13-16-11-10-15-7-5-6-8-17(15)23(16)3;1-2-6-7(3,4)5/h5-13H,4H2,1-3H3;2H2,1H3,(H,3,4,5)/q+1;/p-1. The van der Waals surface area contributed by atoms with E-state index in [2.05, 4.69) is 89.2 Å². The molecule has 6 nitrogen and oxygen atoms in total. The quantitative estimate of drug-likeness (QED) is 0.288. The summed E-state index contributed by atoms with van der Waals surface area (Å²) in [6, 6.07) is 17.1. The molecular formula is C23H25ClN2O4S2. The molecule has 2 aromatic carbocycles. The molecule has 0 unspecified atom stereocenters. The molecule has 0 fully saturated rings. The smallest absolute Gasteiger partial charge is 0.217 e. The summed E-state index contributed by atoms with van der Waals surface area (Å²) in [6.45, 7) is 6.49. The summed E-state index contributed by atoms with van der Waals surface area (Å²) < 4.78 is 34.2. The Morgan fingerprint density at radius 3 is 2.50 bits per heavy atom. The van der Waals surface area contributed by atoms with Crippen LogP contribution in [-0.2, 0) is 21.6 Å². The third-order valence-corrected chi connectivity index (χ3v) is 7.29. The van der Waals surface area contributed by atoms with Gasteiger partial charge in [-0.3, -0.25) is 4.18 Å². The molecule has 0 saturated carbocycles. The number of benzene rings is 2. The van der Waals surface area contributed by atoms with Crippen molar-refractivity contribution in [3.05, 3.63) is 69.8 Å². The van der Waals surface area contributed by atoms with E-state index in [1.807, 2.05) is 0 Å². The Balaban J connectivity index is 0.000000360. The number of pyridine rings is 1. The molecule has 0 atom stereocenters. The summed E-state index contributed by atoms with van der Waals surface area (Å²) in [4.78, 5) is 3.50. The van der Waals surface area contributed by atoms with Crippen LogP contribution in [0.4, 0.5) is 5.69 Å². The molecule has 1 aliphatic heterocycles. The molecule has 0 aliphatic carbocycles. The van der Waals surface area contributed by atoms with Crippen molar-refractivity contribution in [1.29, 1.82) is 0 Å². The van der Waals surface area contributed by atoms with Gasteiger partial charge in [0.15, 0.2) is 0 Å². The first kappa shape index (κ1) is 24.5. The fraction of sp³-hybridized carbons (Fsp3) is 0.261.